The molecule has 2 aromatic carbocycles. The zero-order chi connectivity index (χ0) is 27.4. The molecular weight excluding hydrogens is 470 g/mol. The molecule has 0 bridgehead atoms. The first kappa shape index (κ1) is 30.3. The van der Waals surface area contributed by atoms with Crippen molar-refractivity contribution in [2.45, 2.75) is 111 Å². The zero-order valence-corrected chi connectivity index (χ0v) is 26.2. The van der Waals surface area contributed by atoms with E-state index in [0.29, 0.717) is 0 Å². The summed E-state index contributed by atoms with van der Waals surface area (Å²) in [5.74, 6) is 0. The van der Waals surface area contributed by atoms with Crippen LogP contribution < -0.4 is 8.85 Å². The van der Waals surface area contributed by atoms with E-state index < -0.39 is 23.0 Å². The number of phosphoric acid groups is 1. The first-order valence-corrected chi connectivity index (χ1v) is 15.5. The highest BCUT2D eigenvalue weighted by Gasteiger charge is 2.32. The molecule has 0 aromatic heterocycles. The summed E-state index contributed by atoms with van der Waals surface area (Å²) in [6.45, 7) is 28.5. The fraction of sp³-hybridized carbons (Fsp3) is 0.586. The molecule has 3 rings (SSSR count). The van der Waals surface area contributed by atoms with E-state index >= 15 is 0 Å². The van der Waals surface area contributed by atoms with E-state index in [2.05, 4.69) is 107 Å². The molecule has 0 saturated heterocycles. The van der Waals surface area contributed by atoms with E-state index in [1.54, 1.807) is 31.1 Å². The second-order valence-corrected chi connectivity index (χ2v) is 17.0. The lowest BCUT2D eigenvalue weighted by Crippen LogP contribution is -2.46. The maximum atomic E-state index is 8.88. The smallest absolute Gasteiger partial charge is 0.303 e. The first-order chi connectivity index (χ1) is 15.4. The van der Waals surface area contributed by atoms with Crippen LogP contribution >= 0.6 is 7.82 Å². The van der Waals surface area contributed by atoms with Crippen molar-refractivity contribution >= 4 is 31.9 Å². The van der Waals surface area contributed by atoms with Crippen LogP contribution in [0.5, 0.6) is 0 Å². The molecule has 6 heteroatoms. The molecule has 0 atom stereocenters. The van der Waals surface area contributed by atoms with E-state index in [4.69, 9.17) is 19.2 Å². The third-order valence-electron chi connectivity index (χ3n) is 6.77. The van der Waals surface area contributed by atoms with E-state index in [-0.39, 0.29) is 21.7 Å². The van der Waals surface area contributed by atoms with E-state index in [9.17, 15) is 0 Å². The quantitative estimate of drug-likeness (QED) is 0.282. The van der Waals surface area contributed by atoms with Crippen molar-refractivity contribution in [2.24, 2.45) is 0 Å². The fourth-order valence-corrected chi connectivity index (χ4v) is 7.69. The molecule has 3 N–H and O–H groups in total. The number of hydrogen-bond donors (Lipinski definition) is 3. The number of fused-ring (bicyclic) bond motifs is 2. The van der Waals surface area contributed by atoms with Gasteiger partial charge < -0.3 is 14.7 Å². The molecule has 0 saturated carbocycles. The Bertz CT molecular complexity index is 1050. The van der Waals surface area contributed by atoms with Gasteiger partial charge in [-0.25, -0.2) is 4.57 Å². The lowest BCUT2D eigenvalue weighted by molar-refractivity contribution is 0.275. The molecule has 4 nitrogen and oxygen atoms in total. The van der Waals surface area contributed by atoms with Crippen molar-refractivity contribution in [3.63, 3.8) is 0 Å². The van der Waals surface area contributed by atoms with Crippen LogP contribution in [0.2, 0.25) is 0 Å². The van der Waals surface area contributed by atoms with E-state index in [1.807, 2.05) is 0 Å². The molecule has 0 radical (unpaired) electrons. The number of hydrogen-bond acceptors (Lipinski definition) is 1. The molecule has 0 aliphatic carbocycles. The van der Waals surface area contributed by atoms with Gasteiger partial charge in [-0.15, -0.1) is 8.85 Å². The Morgan fingerprint density at radius 1 is 0.600 bits per heavy atom. The zero-order valence-electron chi connectivity index (χ0n) is 23.9. The lowest BCUT2D eigenvalue weighted by Gasteiger charge is -2.35. The Morgan fingerprint density at radius 2 is 0.886 bits per heavy atom. The normalized spacial score (nSPS) is 14.4. The number of benzene rings is 2. The molecule has 1 heterocycles. The SMILES string of the molecule is CC(C)(C)c1cc2[c](c(C(C)(C)C)c1)[AlH][c]1c(cc(C(C)(C)C)cc1C(C)(C)C)C2.O=P(O)(O)O. The first-order valence-electron chi connectivity index (χ1n) is 12.5. The molecule has 35 heavy (non-hydrogen) atoms. The van der Waals surface area contributed by atoms with Gasteiger partial charge in [-0.05, 0) is 39.2 Å². The summed E-state index contributed by atoms with van der Waals surface area (Å²) in [7, 11) is -4.64. The van der Waals surface area contributed by atoms with Crippen molar-refractivity contribution in [3.05, 3.63) is 57.6 Å². The monoisotopic (exact) mass is 516 g/mol. The molecule has 0 spiro atoms. The predicted molar refractivity (Wildman–Crippen MR) is 151 cm³/mol. The Hall–Kier alpha value is -0.918. The highest BCUT2D eigenvalue weighted by Crippen LogP contribution is 2.34. The molecule has 0 fully saturated rings. The summed E-state index contributed by atoms with van der Waals surface area (Å²) < 4.78 is 12.3. The minimum Gasteiger partial charge on any atom is -0.303 e. The van der Waals surface area contributed by atoms with Crippen molar-refractivity contribution in [2.75, 3.05) is 0 Å². The van der Waals surface area contributed by atoms with Crippen molar-refractivity contribution in [3.8, 4) is 0 Å². The Labute approximate surface area is 219 Å². The predicted octanol–water partition coefficient (Wildman–Crippen LogP) is 5.24. The Morgan fingerprint density at radius 3 is 1.11 bits per heavy atom. The molecule has 0 unspecified atom stereocenters. The highest BCUT2D eigenvalue weighted by atomic mass is 31.2. The molecule has 194 valence electrons. The summed E-state index contributed by atoms with van der Waals surface area (Å²) >= 11 is -0.532. The minimum atomic E-state index is -4.64. The third kappa shape index (κ3) is 8.03. The molecule has 1 aliphatic heterocycles. The lowest BCUT2D eigenvalue weighted by atomic mass is 9.77. The number of rotatable bonds is 0. The maximum absolute atomic E-state index is 8.88. The summed E-state index contributed by atoms with van der Waals surface area (Å²) in [6.07, 6.45) is 1.09. The van der Waals surface area contributed by atoms with Gasteiger partial charge in [0.2, 0.25) is 0 Å². The van der Waals surface area contributed by atoms with E-state index in [1.165, 1.54) is 11.1 Å². The van der Waals surface area contributed by atoms with Gasteiger partial charge >= 0.3 is 23.0 Å². The average Bonchev–Trinajstić information content (AvgIpc) is 2.59. The van der Waals surface area contributed by atoms with Gasteiger partial charge in [-0.3, -0.25) is 0 Å². The van der Waals surface area contributed by atoms with Crippen molar-refractivity contribution in [1.82, 2.24) is 0 Å². The van der Waals surface area contributed by atoms with Crippen molar-refractivity contribution in [1.29, 1.82) is 0 Å². The van der Waals surface area contributed by atoms with Gasteiger partial charge in [-0.1, -0.05) is 130 Å². The summed E-state index contributed by atoms with van der Waals surface area (Å²) in [4.78, 5) is 21.6. The third-order valence-corrected chi connectivity index (χ3v) is 9.14. The Kier molecular flexibility index (Phi) is 8.45. The second-order valence-electron chi connectivity index (χ2n) is 14.2. The van der Waals surface area contributed by atoms with Gasteiger partial charge in [0.15, 0.2) is 0 Å². The van der Waals surface area contributed by atoms with Crippen LogP contribution in [-0.4, -0.2) is 29.9 Å². The van der Waals surface area contributed by atoms with Crippen LogP contribution in [0.3, 0.4) is 0 Å². The largest absolute Gasteiger partial charge is 0.466 e. The summed E-state index contributed by atoms with van der Waals surface area (Å²) in [5.41, 5.74) is 10.1. The van der Waals surface area contributed by atoms with E-state index in [0.717, 1.165) is 6.42 Å². The van der Waals surface area contributed by atoms with Crippen LogP contribution in [-0.2, 0) is 32.6 Å². The van der Waals surface area contributed by atoms with Gasteiger partial charge in [0.1, 0.15) is 0 Å². The maximum Gasteiger partial charge on any atom is 0.466 e. The van der Waals surface area contributed by atoms with Crippen molar-refractivity contribution < 1.29 is 19.2 Å². The molecule has 0 amide bonds. The fourth-order valence-electron chi connectivity index (χ4n) is 4.78. The summed E-state index contributed by atoms with van der Waals surface area (Å²) in [6, 6.07) is 10.2. The van der Waals surface area contributed by atoms with Gasteiger partial charge in [0.05, 0.1) is 0 Å². The average molecular weight is 517 g/mol. The van der Waals surface area contributed by atoms with Crippen LogP contribution in [0, 0.1) is 0 Å². The standard InChI is InChI=1S/C29H42.Al.H3O4P.H/c1-26(2,3)22-14-20(15-23(18-22)27(4,5)6)13-21-16-24(28(7,8)9)19-25(17-21)29(10,11)12;;1-5(2,3)4;/h14,16,18-19H,13H2,1-12H3;;(H3,1,2,3,4);. The van der Waals surface area contributed by atoms with Gasteiger partial charge in [0.25, 0.3) is 0 Å². The topological polar surface area (TPSA) is 77.8 Å². The molecular formula is C29H46AlO4P. The van der Waals surface area contributed by atoms with Crippen LogP contribution in [0.25, 0.3) is 0 Å². The van der Waals surface area contributed by atoms with Gasteiger partial charge in [-0.2, -0.15) is 0 Å². The highest BCUT2D eigenvalue weighted by molar-refractivity contribution is 7.45. The van der Waals surface area contributed by atoms with Crippen LogP contribution in [0.4, 0.5) is 0 Å². The van der Waals surface area contributed by atoms with Crippen LogP contribution in [0.1, 0.15) is 116 Å². The van der Waals surface area contributed by atoms with Gasteiger partial charge in [0, 0.05) is 0 Å². The van der Waals surface area contributed by atoms with Crippen LogP contribution in [0.15, 0.2) is 24.3 Å². The summed E-state index contributed by atoms with van der Waals surface area (Å²) in [5, 5.41) is 0. The minimum absolute atomic E-state index is 0.181. The molecule has 2 aromatic rings. The molecule has 1 aliphatic rings. The Balaban J connectivity index is 0.000000784. The second kappa shape index (κ2) is 9.75.